The van der Waals surface area contributed by atoms with Crippen molar-refractivity contribution >= 4 is 23.3 Å². The van der Waals surface area contributed by atoms with Gasteiger partial charge in [0.25, 0.3) is 0 Å². The van der Waals surface area contributed by atoms with Crippen molar-refractivity contribution in [2.24, 2.45) is 46.3 Å². The van der Waals surface area contributed by atoms with Gasteiger partial charge in [-0.1, -0.05) is 20.8 Å². The molecule has 0 aromatic rings. The number of methoxy groups -OCH3 is 1. The lowest BCUT2D eigenvalue weighted by Gasteiger charge is -2.58. The van der Waals surface area contributed by atoms with E-state index in [-0.39, 0.29) is 52.7 Å². The van der Waals surface area contributed by atoms with Crippen molar-refractivity contribution in [2.45, 2.75) is 78.6 Å². The molecule has 0 aliphatic heterocycles. The highest BCUT2D eigenvalue weighted by Gasteiger charge is 2.66. The van der Waals surface area contributed by atoms with E-state index < -0.39 is 5.41 Å². The molecule has 0 aromatic heterocycles. The second-order valence-electron chi connectivity index (χ2n) is 11.0. The third kappa shape index (κ3) is 3.10. The van der Waals surface area contributed by atoms with E-state index in [1.165, 1.54) is 7.11 Å². The summed E-state index contributed by atoms with van der Waals surface area (Å²) >= 11 is 0. The number of hydrogen-bond acceptors (Lipinski definition) is 5. The molecule has 0 unspecified atom stereocenters. The third-order valence-corrected chi connectivity index (χ3v) is 9.94. The van der Waals surface area contributed by atoms with E-state index >= 15 is 0 Å². The smallest absolute Gasteiger partial charge is 0.305 e. The minimum absolute atomic E-state index is 0.0417. The first-order valence-corrected chi connectivity index (χ1v) is 11.8. The summed E-state index contributed by atoms with van der Waals surface area (Å²) in [5.41, 5.74) is -0.544. The summed E-state index contributed by atoms with van der Waals surface area (Å²) < 4.78 is 4.80. The summed E-state index contributed by atoms with van der Waals surface area (Å²) in [6.45, 7) is 6.50. The zero-order chi connectivity index (χ0) is 21.8. The van der Waals surface area contributed by atoms with Crippen LogP contribution >= 0.6 is 0 Å². The zero-order valence-electron chi connectivity index (χ0n) is 18.9. The standard InChI is InChI=1S/C25H36O5/c1-14(5-8-22(29)30-4)17-6-7-18-23-19(13-21(28)25(17,18)3)24(2)10-9-16(26)11-15(24)12-20(23)27/h14-15,17-19,23H,5-13H2,1-4H3/t14-,15-,17+,18+,19-,23+,24-,25+/m0/s1. The van der Waals surface area contributed by atoms with E-state index in [9.17, 15) is 19.2 Å². The first-order chi connectivity index (χ1) is 14.1. The SMILES string of the molecule is COC(=O)CC[C@H](C)[C@H]1CC[C@@H]2[C@H]3C(=O)C[C@@H]4CC(=O)CC[C@]4(C)[C@H]3CC(=O)[C@@]21C. The largest absolute Gasteiger partial charge is 0.469 e. The Morgan fingerprint density at radius 2 is 1.83 bits per heavy atom. The van der Waals surface area contributed by atoms with Crippen LogP contribution in [0.15, 0.2) is 0 Å². The van der Waals surface area contributed by atoms with Gasteiger partial charge in [-0.15, -0.1) is 0 Å². The summed E-state index contributed by atoms with van der Waals surface area (Å²) in [6, 6.07) is 0. The Hall–Kier alpha value is -1.52. The summed E-state index contributed by atoms with van der Waals surface area (Å²) in [5, 5.41) is 0. The molecule has 4 aliphatic rings. The van der Waals surface area contributed by atoms with E-state index in [0.29, 0.717) is 43.7 Å². The van der Waals surface area contributed by atoms with Crippen molar-refractivity contribution in [3.8, 4) is 0 Å². The average Bonchev–Trinajstić information content (AvgIpc) is 3.06. The molecule has 0 amide bonds. The van der Waals surface area contributed by atoms with Crippen LogP contribution in [0.1, 0.15) is 78.6 Å². The first kappa shape index (κ1) is 21.7. The average molecular weight is 417 g/mol. The van der Waals surface area contributed by atoms with Gasteiger partial charge in [0, 0.05) is 43.4 Å². The van der Waals surface area contributed by atoms with Crippen LogP contribution in [-0.2, 0) is 23.9 Å². The molecule has 4 fully saturated rings. The van der Waals surface area contributed by atoms with Gasteiger partial charge in [-0.05, 0) is 60.7 Å². The molecule has 8 atom stereocenters. The summed E-state index contributed by atoms with van der Waals surface area (Å²) in [6.07, 6.45) is 5.87. The number of ketones is 3. The molecule has 0 N–H and O–H groups in total. The molecule has 0 aromatic carbocycles. The lowest BCUT2D eigenvalue weighted by Crippen LogP contribution is -2.60. The van der Waals surface area contributed by atoms with Gasteiger partial charge < -0.3 is 4.74 Å². The van der Waals surface area contributed by atoms with Crippen molar-refractivity contribution in [3.63, 3.8) is 0 Å². The Morgan fingerprint density at radius 1 is 1.10 bits per heavy atom. The van der Waals surface area contributed by atoms with Gasteiger partial charge in [-0.25, -0.2) is 0 Å². The van der Waals surface area contributed by atoms with Gasteiger partial charge in [-0.3, -0.25) is 19.2 Å². The fourth-order valence-electron chi connectivity index (χ4n) is 8.04. The summed E-state index contributed by atoms with van der Waals surface area (Å²) in [7, 11) is 1.41. The molecule has 0 bridgehead atoms. The molecule has 30 heavy (non-hydrogen) atoms. The number of rotatable bonds is 4. The van der Waals surface area contributed by atoms with Gasteiger partial charge >= 0.3 is 5.97 Å². The number of ether oxygens (including phenoxy) is 1. The van der Waals surface area contributed by atoms with E-state index in [1.54, 1.807) is 0 Å². The highest BCUT2D eigenvalue weighted by atomic mass is 16.5. The molecule has 4 saturated carbocycles. The quantitative estimate of drug-likeness (QED) is 0.643. The summed E-state index contributed by atoms with van der Waals surface area (Å²) in [4.78, 5) is 50.7. The minimum Gasteiger partial charge on any atom is -0.469 e. The van der Waals surface area contributed by atoms with Crippen LogP contribution in [0, 0.1) is 46.3 Å². The van der Waals surface area contributed by atoms with Crippen LogP contribution in [-0.4, -0.2) is 30.4 Å². The lowest BCUT2D eigenvalue weighted by molar-refractivity contribution is -0.166. The topological polar surface area (TPSA) is 77.5 Å². The van der Waals surface area contributed by atoms with E-state index in [2.05, 4.69) is 20.8 Å². The van der Waals surface area contributed by atoms with Gasteiger partial charge in [0.15, 0.2) is 0 Å². The third-order valence-electron chi connectivity index (χ3n) is 9.94. The molecule has 5 nitrogen and oxygen atoms in total. The van der Waals surface area contributed by atoms with Crippen molar-refractivity contribution in [3.05, 3.63) is 0 Å². The molecule has 0 radical (unpaired) electrons. The van der Waals surface area contributed by atoms with E-state index in [4.69, 9.17) is 4.74 Å². The lowest BCUT2D eigenvalue weighted by atomic mass is 9.44. The van der Waals surface area contributed by atoms with Crippen molar-refractivity contribution in [2.75, 3.05) is 7.11 Å². The van der Waals surface area contributed by atoms with E-state index in [0.717, 1.165) is 25.7 Å². The van der Waals surface area contributed by atoms with Gasteiger partial charge in [-0.2, -0.15) is 0 Å². The first-order valence-electron chi connectivity index (χ1n) is 11.8. The Labute approximate surface area is 179 Å². The summed E-state index contributed by atoms with van der Waals surface area (Å²) in [5.74, 6) is 1.41. The Kier molecular flexibility index (Phi) is 5.47. The minimum atomic E-state index is -0.472. The Morgan fingerprint density at radius 3 is 2.53 bits per heavy atom. The highest BCUT2D eigenvalue weighted by molar-refractivity contribution is 5.93. The van der Waals surface area contributed by atoms with Crippen molar-refractivity contribution in [1.82, 2.24) is 0 Å². The van der Waals surface area contributed by atoms with Gasteiger partial charge in [0.2, 0.25) is 0 Å². The zero-order valence-corrected chi connectivity index (χ0v) is 18.9. The molecular formula is C25H36O5. The maximum absolute atomic E-state index is 13.7. The van der Waals surface area contributed by atoms with Gasteiger partial charge in [0.05, 0.1) is 7.11 Å². The number of fused-ring (bicyclic) bond motifs is 5. The molecule has 0 spiro atoms. The van der Waals surface area contributed by atoms with Crippen LogP contribution in [0.5, 0.6) is 0 Å². The number of carbonyl (C=O) groups is 4. The second kappa shape index (κ2) is 7.56. The van der Waals surface area contributed by atoms with Crippen LogP contribution in [0.3, 0.4) is 0 Å². The van der Waals surface area contributed by atoms with Gasteiger partial charge in [0.1, 0.15) is 17.3 Å². The monoisotopic (exact) mass is 416 g/mol. The molecule has 0 heterocycles. The van der Waals surface area contributed by atoms with E-state index in [1.807, 2.05) is 0 Å². The normalized spacial score (nSPS) is 44.1. The number of esters is 1. The predicted molar refractivity (Wildman–Crippen MR) is 111 cm³/mol. The fourth-order valence-corrected chi connectivity index (χ4v) is 8.04. The molecule has 0 saturated heterocycles. The van der Waals surface area contributed by atoms with Crippen molar-refractivity contribution < 1.29 is 23.9 Å². The molecule has 166 valence electrons. The second-order valence-corrected chi connectivity index (χ2v) is 11.0. The van der Waals surface area contributed by atoms with Crippen LogP contribution in [0.2, 0.25) is 0 Å². The van der Waals surface area contributed by atoms with Crippen LogP contribution < -0.4 is 0 Å². The molecule has 4 aliphatic carbocycles. The Bertz CT molecular complexity index is 772. The fraction of sp³-hybridized carbons (Fsp3) is 0.840. The molecule has 5 heteroatoms. The van der Waals surface area contributed by atoms with Crippen molar-refractivity contribution in [1.29, 1.82) is 0 Å². The number of Topliss-reactive ketones (excluding diaryl/α,β-unsaturated/α-hetero) is 3. The van der Waals surface area contributed by atoms with Crippen LogP contribution in [0.4, 0.5) is 0 Å². The number of carbonyl (C=O) groups excluding carboxylic acids is 4. The molecular weight excluding hydrogens is 380 g/mol. The highest BCUT2D eigenvalue weighted by Crippen LogP contribution is 2.66. The Balaban J connectivity index is 1.60. The molecule has 4 rings (SSSR count). The van der Waals surface area contributed by atoms with Crippen LogP contribution in [0.25, 0.3) is 0 Å². The maximum Gasteiger partial charge on any atom is 0.305 e. The predicted octanol–water partition coefficient (Wildman–Crippen LogP) is 4.16. The number of hydrogen-bond donors (Lipinski definition) is 0. The maximum atomic E-state index is 13.7.